The highest BCUT2D eigenvalue weighted by molar-refractivity contribution is 5.71. The smallest absolute Gasteiger partial charge is 0.306 e. The molecule has 0 rings (SSSR count). The number of carbonyl (C=O) groups excluding carboxylic acids is 3. The highest BCUT2D eigenvalue weighted by atomic mass is 16.6. The predicted octanol–water partition coefficient (Wildman–Crippen LogP) is 23.9. The molecule has 1 atom stereocenters. The van der Waals surface area contributed by atoms with Gasteiger partial charge in [-0.15, -0.1) is 0 Å². The van der Waals surface area contributed by atoms with Crippen LogP contribution in [0, 0.1) is 0 Å². The van der Waals surface area contributed by atoms with Gasteiger partial charge in [-0.1, -0.05) is 345 Å². The standard InChI is InChI=1S/C73H132O6/c1-4-7-10-13-16-19-22-25-28-31-33-34-35-36-37-38-40-42-45-48-51-54-57-60-63-66-72(75)78-69-70(68-77-71(74)65-62-59-56-53-50-47-44-41-30-27-24-21-18-15-12-9-6-3)79-73(76)67-64-61-58-55-52-49-46-43-39-32-29-26-23-20-17-14-11-8-5-2/h7,10,16,19,25,28,33-34,36-37,70H,4-6,8-9,11-15,17-18,20-24,26-27,29-32,35,38-69H2,1-3H3/b10-7-,19-16-,28-25-,34-33-,37-36-. The van der Waals surface area contributed by atoms with Gasteiger partial charge in [-0.2, -0.15) is 0 Å². The molecular weight excluding hydrogens is 973 g/mol. The first-order chi connectivity index (χ1) is 39.0. The van der Waals surface area contributed by atoms with E-state index in [9.17, 15) is 14.4 Å². The van der Waals surface area contributed by atoms with E-state index in [0.717, 1.165) is 96.3 Å². The van der Waals surface area contributed by atoms with Crippen molar-refractivity contribution >= 4 is 17.9 Å². The van der Waals surface area contributed by atoms with Crippen LogP contribution in [0.2, 0.25) is 0 Å². The van der Waals surface area contributed by atoms with Gasteiger partial charge in [0.2, 0.25) is 0 Å². The second kappa shape index (κ2) is 67.6. The molecule has 0 aromatic heterocycles. The summed E-state index contributed by atoms with van der Waals surface area (Å²) in [4.78, 5) is 38.5. The Hall–Kier alpha value is -2.89. The van der Waals surface area contributed by atoms with E-state index < -0.39 is 6.10 Å². The summed E-state index contributed by atoms with van der Waals surface area (Å²) in [6, 6.07) is 0. The average molecular weight is 1110 g/mol. The van der Waals surface area contributed by atoms with Crippen molar-refractivity contribution in [3.8, 4) is 0 Å². The van der Waals surface area contributed by atoms with Gasteiger partial charge in [0.25, 0.3) is 0 Å². The lowest BCUT2D eigenvalue weighted by Gasteiger charge is -2.18. The minimum atomic E-state index is -0.775. The molecule has 0 N–H and O–H groups in total. The first kappa shape index (κ1) is 76.1. The molecule has 0 aliphatic heterocycles. The quantitative estimate of drug-likeness (QED) is 0.0261. The fraction of sp³-hybridized carbons (Fsp3) is 0.822. The molecule has 0 fully saturated rings. The van der Waals surface area contributed by atoms with Crippen molar-refractivity contribution in [2.24, 2.45) is 0 Å². The SMILES string of the molecule is CC/C=C\C/C=C\C/C=C\C/C=C\C/C=C\CCCCCCCCCCCC(=O)OCC(COC(=O)CCCCCCCCCCCCCCCCCCC)OC(=O)CCCCCCCCCCCCCCCCCCCCC. The Morgan fingerprint density at radius 3 is 0.772 bits per heavy atom. The summed E-state index contributed by atoms with van der Waals surface area (Å²) in [6.45, 7) is 6.59. The van der Waals surface area contributed by atoms with E-state index >= 15 is 0 Å². The van der Waals surface area contributed by atoms with Crippen molar-refractivity contribution in [1.29, 1.82) is 0 Å². The molecule has 0 aliphatic carbocycles. The van der Waals surface area contributed by atoms with E-state index in [0.29, 0.717) is 19.3 Å². The molecule has 0 aromatic carbocycles. The Morgan fingerprint density at radius 1 is 0.266 bits per heavy atom. The lowest BCUT2D eigenvalue weighted by molar-refractivity contribution is -0.167. The van der Waals surface area contributed by atoms with Gasteiger partial charge < -0.3 is 14.2 Å². The summed E-state index contributed by atoms with van der Waals surface area (Å²) in [7, 11) is 0. The highest BCUT2D eigenvalue weighted by Crippen LogP contribution is 2.18. The fourth-order valence-electron chi connectivity index (χ4n) is 10.4. The van der Waals surface area contributed by atoms with Crippen LogP contribution in [0.4, 0.5) is 0 Å². The van der Waals surface area contributed by atoms with E-state index in [4.69, 9.17) is 14.2 Å². The molecule has 0 amide bonds. The Morgan fingerprint density at radius 2 is 0.494 bits per heavy atom. The maximum atomic E-state index is 13.0. The number of allylic oxidation sites excluding steroid dienone is 10. The van der Waals surface area contributed by atoms with Gasteiger partial charge in [-0.3, -0.25) is 14.4 Å². The van der Waals surface area contributed by atoms with Gasteiger partial charge in [-0.25, -0.2) is 0 Å². The first-order valence-electron chi connectivity index (χ1n) is 34.8. The van der Waals surface area contributed by atoms with Crippen LogP contribution in [0.5, 0.6) is 0 Å². The van der Waals surface area contributed by atoms with Crippen molar-refractivity contribution in [3.63, 3.8) is 0 Å². The summed E-state index contributed by atoms with van der Waals surface area (Å²) in [5.41, 5.74) is 0. The lowest BCUT2D eigenvalue weighted by atomic mass is 10.0. The van der Waals surface area contributed by atoms with Gasteiger partial charge in [-0.05, 0) is 64.2 Å². The lowest BCUT2D eigenvalue weighted by Crippen LogP contribution is -2.30. The van der Waals surface area contributed by atoms with E-state index in [2.05, 4.69) is 81.5 Å². The zero-order chi connectivity index (χ0) is 57.1. The largest absolute Gasteiger partial charge is 0.462 e. The van der Waals surface area contributed by atoms with Crippen LogP contribution in [0.15, 0.2) is 60.8 Å². The molecule has 460 valence electrons. The van der Waals surface area contributed by atoms with Gasteiger partial charge in [0.15, 0.2) is 6.10 Å². The van der Waals surface area contributed by atoms with Crippen molar-refractivity contribution < 1.29 is 28.6 Å². The molecule has 0 aromatic rings. The second-order valence-corrected chi connectivity index (χ2v) is 23.4. The Balaban J connectivity index is 4.32. The molecular formula is C73H132O6. The van der Waals surface area contributed by atoms with Gasteiger partial charge in [0.05, 0.1) is 0 Å². The third kappa shape index (κ3) is 65.8. The van der Waals surface area contributed by atoms with Crippen molar-refractivity contribution in [2.75, 3.05) is 13.2 Å². The summed E-state index contributed by atoms with van der Waals surface area (Å²) in [5, 5.41) is 0. The second-order valence-electron chi connectivity index (χ2n) is 23.4. The van der Waals surface area contributed by atoms with Crippen molar-refractivity contribution in [1.82, 2.24) is 0 Å². The average Bonchev–Trinajstić information content (AvgIpc) is 3.45. The molecule has 6 heteroatoms. The fourth-order valence-corrected chi connectivity index (χ4v) is 10.4. The van der Waals surface area contributed by atoms with Gasteiger partial charge in [0.1, 0.15) is 13.2 Å². The van der Waals surface area contributed by atoms with Crippen LogP contribution in [0.1, 0.15) is 367 Å². The Kier molecular flexibility index (Phi) is 65.1. The zero-order valence-corrected chi connectivity index (χ0v) is 52.9. The monoisotopic (exact) mass is 1110 g/mol. The van der Waals surface area contributed by atoms with E-state index in [1.807, 2.05) is 0 Å². The van der Waals surface area contributed by atoms with Crippen LogP contribution in [-0.4, -0.2) is 37.2 Å². The van der Waals surface area contributed by atoms with Crippen molar-refractivity contribution in [2.45, 2.75) is 374 Å². The van der Waals surface area contributed by atoms with E-state index in [1.165, 1.54) is 231 Å². The molecule has 0 radical (unpaired) electrons. The zero-order valence-electron chi connectivity index (χ0n) is 52.9. The van der Waals surface area contributed by atoms with Crippen LogP contribution in [0.3, 0.4) is 0 Å². The molecule has 0 heterocycles. The van der Waals surface area contributed by atoms with E-state index in [1.54, 1.807) is 0 Å². The maximum absolute atomic E-state index is 13.0. The topological polar surface area (TPSA) is 78.9 Å². The number of esters is 3. The number of rotatable bonds is 64. The molecule has 0 aliphatic rings. The number of hydrogen-bond donors (Lipinski definition) is 0. The van der Waals surface area contributed by atoms with Crippen molar-refractivity contribution in [3.05, 3.63) is 60.8 Å². The maximum Gasteiger partial charge on any atom is 0.306 e. The molecule has 0 bridgehead atoms. The normalized spacial score (nSPS) is 12.4. The molecule has 0 saturated heterocycles. The Labute approximate surface area is 491 Å². The first-order valence-corrected chi connectivity index (χ1v) is 34.8. The number of ether oxygens (including phenoxy) is 3. The minimum Gasteiger partial charge on any atom is -0.462 e. The number of hydrogen-bond acceptors (Lipinski definition) is 6. The highest BCUT2D eigenvalue weighted by Gasteiger charge is 2.19. The Bertz CT molecular complexity index is 1410. The van der Waals surface area contributed by atoms with E-state index in [-0.39, 0.29) is 31.1 Å². The molecule has 6 nitrogen and oxygen atoms in total. The van der Waals surface area contributed by atoms with Gasteiger partial charge in [0, 0.05) is 19.3 Å². The number of carbonyl (C=O) groups is 3. The van der Waals surface area contributed by atoms with Gasteiger partial charge >= 0.3 is 17.9 Å². The van der Waals surface area contributed by atoms with Crippen LogP contribution in [-0.2, 0) is 28.6 Å². The molecule has 0 spiro atoms. The third-order valence-corrected chi connectivity index (χ3v) is 15.5. The summed E-state index contributed by atoms with van der Waals surface area (Å²) in [5.74, 6) is -0.849. The minimum absolute atomic E-state index is 0.0701. The predicted molar refractivity (Wildman–Crippen MR) is 344 cm³/mol. The summed E-state index contributed by atoms with van der Waals surface area (Å²) in [6.07, 6.45) is 86.6. The molecule has 79 heavy (non-hydrogen) atoms. The molecule has 0 saturated carbocycles. The molecule has 1 unspecified atom stereocenters. The van der Waals surface area contributed by atoms with Crippen LogP contribution in [0.25, 0.3) is 0 Å². The summed E-state index contributed by atoms with van der Waals surface area (Å²) < 4.78 is 17.0. The van der Waals surface area contributed by atoms with Crippen LogP contribution < -0.4 is 0 Å². The summed E-state index contributed by atoms with van der Waals surface area (Å²) >= 11 is 0. The van der Waals surface area contributed by atoms with Crippen LogP contribution >= 0.6 is 0 Å². The number of unbranched alkanes of at least 4 members (excludes halogenated alkanes) is 43. The third-order valence-electron chi connectivity index (χ3n) is 15.5.